The van der Waals surface area contributed by atoms with Crippen molar-refractivity contribution in [1.29, 1.82) is 0 Å². The number of piperidine rings is 1. The monoisotopic (exact) mass is 283 g/mol. The molecule has 0 radical (unpaired) electrons. The van der Waals surface area contributed by atoms with E-state index in [-0.39, 0.29) is 5.91 Å². The summed E-state index contributed by atoms with van der Waals surface area (Å²) in [5, 5.41) is 6.53. The minimum Gasteiger partial charge on any atom is -0.353 e. The first kappa shape index (κ1) is 17.4. The van der Waals surface area contributed by atoms with E-state index >= 15 is 0 Å². The van der Waals surface area contributed by atoms with Crippen molar-refractivity contribution in [2.75, 3.05) is 26.2 Å². The maximum atomic E-state index is 12.1. The van der Waals surface area contributed by atoms with Crippen LogP contribution in [0.2, 0.25) is 0 Å². The van der Waals surface area contributed by atoms with Crippen LogP contribution in [-0.4, -0.2) is 49.1 Å². The summed E-state index contributed by atoms with van der Waals surface area (Å²) in [5.41, 5.74) is 0. The predicted octanol–water partition coefficient (Wildman–Crippen LogP) is 2.15. The number of nitrogens with zero attached hydrogens (tertiary/aromatic N) is 1. The van der Waals surface area contributed by atoms with Gasteiger partial charge in [-0.15, -0.1) is 0 Å². The van der Waals surface area contributed by atoms with Gasteiger partial charge in [0.05, 0.1) is 6.54 Å². The average Bonchev–Trinajstić information content (AvgIpc) is 2.46. The summed E-state index contributed by atoms with van der Waals surface area (Å²) in [7, 11) is 0. The lowest BCUT2D eigenvalue weighted by atomic mass is 10.0. The molecular formula is C16H33N3O. The van der Waals surface area contributed by atoms with Crippen molar-refractivity contribution in [3.05, 3.63) is 0 Å². The highest BCUT2D eigenvalue weighted by Gasteiger charge is 2.21. The van der Waals surface area contributed by atoms with E-state index in [9.17, 15) is 4.79 Å². The Balaban J connectivity index is 2.27. The van der Waals surface area contributed by atoms with Crippen molar-refractivity contribution < 1.29 is 4.79 Å². The van der Waals surface area contributed by atoms with Crippen LogP contribution in [0.15, 0.2) is 0 Å². The average molecular weight is 283 g/mol. The molecule has 1 amide bonds. The zero-order valence-corrected chi connectivity index (χ0v) is 13.6. The molecule has 2 N–H and O–H groups in total. The molecule has 0 saturated carbocycles. The predicted molar refractivity (Wildman–Crippen MR) is 84.9 cm³/mol. The second-order valence-electron chi connectivity index (χ2n) is 6.01. The Kier molecular flexibility index (Phi) is 8.86. The molecule has 1 fully saturated rings. The second kappa shape index (κ2) is 10.2. The van der Waals surface area contributed by atoms with Gasteiger partial charge < -0.3 is 10.6 Å². The fourth-order valence-electron chi connectivity index (χ4n) is 2.95. The summed E-state index contributed by atoms with van der Waals surface area (Å²) in [4.78, 5) is 14.5. The van der Waals surface area contributed by atoms with Gasteiger partial charge in [-0.05, 0) is 45.8 Å². The van der Waals surface area contributed by atoms with Crippen molar-refractivity contribution >= 4 is 5.91 Å². The molecule has 0 aliphatic carbocycles. The molecule has 0 aromatic carbocycles. The number of hydrogen-bond acceptors (Lipinski definition) is 3. The molecule has 118 valence electrons. The summed E-state index contributed by atoms with van der Waals surface area (Å²) < 4.78 is 0. The van der Waals surface area contributed by atoms with E-state index in [2.05, 4.69) is 36.3 Å². The first-order valence-electron chi connectivity index (χ1n) is 8.41. The van der Waals surface area contributed by atoms with Crippen molar-refractivity contribution in [3.63, 3.8) is 0 Å². The van der Waals surface area contributed by atoms with E-state index < -0.39 is 0 Å². The highest BCUT2D eigenvalue weighted by Crippen LogP contribution is 2.11. The molecule has 4 heteroatoms. The number of carbonyl (C=O) groups is 1. The van der Waals surface area contributed by atoms with E-state index in [0.717, 1.165) is 38.9 Å². The van der Waals surface area contributed by atoms with Crippen LogP contribution in [0.3, 0.4) is 0 Å². The third-order valence-electron chi connectivity index (χ3n) is 4.23. The Labute approximate surface area is 124 Å². The van der Waals surface area contributed by atoms with E-state index in [1.165, 1.54) is 19.3 Å². The van der Waals surface area contributed by atoms with Crippen LogP contribution in [0.5, 0.6) is 0 Å². The third kappa shape index (κ3) is 6.71. The van der Waals surface area contributed by atoms with Crippen molar-refractivity contribution in [2.24, 2.45) is 0 Å². The highest BCUT2D eigenvalue weighted by molar-refractivity contribution is 5.78. The highest BCUT2D eigenvalue weighted by atomic mass is 16.2. The second-order valence-corrected chi connectivity index (χ2v) is 6.01. The molecule has 0 bridgehead atoms. The maximum Gasteiger partial charge on any atom is 0.234 e. The van der Waals surface area contributed by atoms with Crippen LogP contribution < -0.4 is 10.6 Å². The number of unbranched alkanes of at least 4 members (excludes halogenated alkanes) is 2. The third-order valence-corrected chi connectivity index (χ3v) is 4.23. The minimum absolute atomic E-state index is 0.189. The fraction of sp³-hybridized carbons (Fsp3) is 0.938. The van der Waals surface area contributed by atoms with Gasteiger partial charge in [0.15, 0.2) is 0 Å². The quantitative estimate of drug-likeness (QED) is 0.637. The van der Waals surface area contributed by atoms with Gasteiger partial charge in [0.25, 0.3) is 0 Å². The van der Waals surface area contributed by atoms with Gasteiger partial charge in [-0.1, -0.05) is 33.1 Å². The van der Waals surface area contributed by atoms with Crippen LogP contribution in [0.4, 0.5) is 0 Å². The van der Waals surface area contributed by atoms with Crippen LogP contribution in [0.25, 0.3) is 0 Å². The molecule has 1 saturated heterocycles. The number of carbonyl (C=O) groups excluding carboxylic acids is 1. The van der Waals surface area contributed by atoms with Crippen LogP contribution in [0.1, 0.15) is 59.3 Å². The summed E-state index contributed by atoms with van der Waals surface area (Å²) in [6.45, 7) is 10.2. The van der Waals surface area contributed by atoms with Gasteiger partial charge in [-0.3, -0.25) is 9.69 Å². The molecule has 0 spiro atoms. The lowest BCUT2D eigenvalue weighted by Gasteiger charge is -2.33. The topological polar surface area (TPSA) is 44.4 Å². The van der Waals surface area contributed by atoms with E-state index in [0.29, 0.717) is 18.6 Å². The molecule has 1 heterocycles. The van der Waals surface area contributed by atoms with Gasteiger partial charge in [0.2, 0.25) is 5.91 Å². The van der Waals surface area contributed by atoms with Crippen LogP contribution >= 0.6 is 0 Å². The van der Waals surface area contributed by atoms with Gasteiger partial charge in [-0.25, -0.2) is 0 Å². The Bertz CT molecular complexity index is 264. The lowest BCUT2D eigenvalue weighted by molar-refractivity contribution is -0.123. The number of likely N-dealkylation sites (N-methyl/N-ethyl adjacent to an activating group) is 1. The molecule has 20 heavy (non-hydrogen) atoms. The van der Waals surface area contributed by atoms with Crippen molar-refractivity contribution in [2.45, 2.75) is 71.4 Å². The summed E-state index contributed by atoms with van der Waals surface area (Å²) >= 11 is 0. The first-order chi connectivity index (χ1) is 9.67. The Morgan fingerprint density at radius 3 is 2.60 bits per heavy atom. The summed E-state index contributed by atoms with van der Waals surface area (Å²) in [5.74, 6) is 0.189. The normalized spacial score (nSPS) is 18.2. The molecule has 4 nitrogen and oxygen atoms in total. The number of amides is 1. The van der Waals surface area contributed by atoms with E-state index in [1.54, 1.807) is 0 Å². The Morgan fingerprint density at radius 1 is 1.30 bits per heavy atom. The standard InChI is InChI=1S/C16H33N3O/c1-4-6-7-8-14(3)18-16(20)13-19(5-2)15-9-11-17-12-10-15/h14-15,17H,4-13H2,1-3H3,(H,18,20). The molecule has 1 rings (SSSR count). The molecule has 1 atom stereocenters. The van der Waals surface area contributed by atoms with Gasteiger partial charge in [0.1, 0.15) is 0 Å². The summed E-state index contributed by atoms with van der Waals surface area (Å²) in [6, 6.07) is 0.878. The zero-order chi connectivity index (χ0) is 14.8. The summed E-state index contributed by atoms with van der Waals surface area (Å²) in [6.07, 6.45) is 7.12. The zero-order valence-electron chi connectivity index (χ0n) is 13.6. The smallest absolute Gasteiger partial charge is 0.234 e. The molecule has 1 aliphatic rings. The molecule has 0 aromatic heterocycles. The minimum atomic E-state index is 0.189. The van der Waals surface area contributed by atoms with Crippen LogP contribution in [0, 0.1) is 0 Å². The fourth-order valence-corrected chi connectivity index (χ4v) is 2.95. The first-order valence-corrected chi connectivity index (χ1v) is 8.41. The van der Waals surface area contributed by atoms with Gasteiger partial charge in [0, 0.05) is 12.1 Å². The Morgan fingerprint density at radius 2 is 2.00 bits per heavy atom. The van der Waals surface area contributed by atoms with E-state index in [4.69, 9.17) is 0 Å². The largest absolute Gasteiger partial charge is 0.353 e. The molecule has 1 aliphatic heterocycles. The lowest BCUT2D eigenvalue weighted by Crippen LogP contribution is -2.48. The van der Waals surface area contributed by atoms with Gasteiger partial charge in [-0.2, -0.15) is 0 Å². The number of rotatable bonds is 9. The van der Waals surface area contributed by atoms with E-state index in [1.807, 2.05) is 0 Å². The Hall–Kier alpha value is -0.610. The molecular weight excluding hydrogens is 250 g/mol. The van der Waals surface area contributed by atoms with Crippen molar-refractivity contribution in [3.8, 4) is 0 Å². The number of hydrogen-bond donors (Lipinski definition) is 2. The SMILES string of the molecule is CCCCCC(C)NC(=O)CN(CC)C1CCNCC1. The maximum absolute atomic E-state index is 12.1. The van der Waals surface area contributed by atoms with Gasteiger partial charge >= 0.3 is 0 Å². The van der Waals surface area contributed by atoms with Crippen LogP contribution in [-0.2, 0) is 4.79 Å². The molecule has 1 unspecified atom stereocenters. The molecule has 0 aromatic rings. The van der Waals surface area contributed by atoms with Crippen molar-refractivity contribution in [1.82, 2.24) is 15.5 Å². The number of nitrogens with one attached hydrogen (secondary N) is 2.